The van der Waals surface area contributed by atoms with E-state index in [-0.39, 0.29) is 29.6 Å². The Balaban J connectivity index is 1.74. The van der Waals surface area contributed by atoms with E-state index < -0.39 is 35.5 Å². The van der Waals surface area contributed by atoms with E-state index in [1.54, 1.807) is 0 Å². The van der Waals surface area contributed by atoms with Gasteiger partial charge in [0, 0.05) is 16.8 Å². The highest BCUT2D eigenvalue weighted by Gasteiger charge is 2.38. The standard InChI is InChI=1S/C21H17F3N2O5/c1-30-19(28)17-10-26(20(29)31-17)12-7-6-11-8-16(25-18(27)14(11)9-12)13-4-2-3-5-15(13)21(22,23)24/h3,5-9,17H,2,4,10H2,1H3,(H,25,27). The number of allylic oxidation sites excluding steroid dienone is 4. The third-order valence-electron chi connectivity index (χ3n) is 5.22. The Morgan fingerprint density at radius 3 is 2.74 bits per heavy atom. The first-order valence-electron chi connectivity index (χ1n) is 9.39. The summed E-state index contributed by atoms with van der Waals surface area (Å²) in [5.74, 6) is -0.700. The number of cyclic esters (lactones) is 1. The van der Waals surface area contributed by atoms with E-state index in [4.69, 9.17) is 4.74 Å². The summed E-state index contributed by atoms with van der Waals surface area (Å²) in [5.41, 5.74) is -0.914. The molecule has 7 nitrogen and oxygen atoms in total. The molecule has 1 atom stereocenters. The van der Waals surface area contributed by atoms with Crippen molar-refractivity contribution >= 4 is 34.1 Å². The second-order valence-corrected chi connectivity index (χ2v) is 7.12. The van der Waals surface area contributed by atoms with Crippen LogP contribution in [0.3, 0.4) is 0 Å². The second-order valence-electron chi connectivity index (χ2n) is 7.12. The number of nitrogens with zero attached hydrogens (tertiary/aromatic N) is 1. The minimum atomic E-state index is -4.53. The zero-order chi connectivity index (χ0) is 22.3. The number of methoxy groups -OCH3 is 1. The fourth-order valence-electron chi connectivity index (χ4n) is 3.72. The molecule has 1 amide bonds. The summed E-state index contributed by atoms with van der Waals surface area (Å²) < 4.78 is 49.7. The van der Waals surface area contributed by atoms with Gasteiger partial charge in [-0.25, -0.2) is 9.59 Å². The maximum atomic E-state index is 13.4. The molecule has 0 saturated carbocycles. The number of carbonyl (C=O) groups excluding carboxylic acids is 2. The molecule has 2 heterocycles. The van der Waals surface area contributed by atoms with Crippen LogP contribution in [0.2, 0.25) is 0 Å². The number of halogens is 3. The van der Waals surface area contributed by atoms with Gasteiger partial charge in [0.15, 0.2) is 0 Å². The number of nitrogens with one attached hydrogen (secondary N) is 1. The molecule has 10 heteroatoms. The number of anilines is 1. The molecular formula is C21H17F3N2O5. The Morgan fingerprint density at radius 1 is 1.26 bits per heavy atom. The van der Waals surface area contributed by atoms with Crippen LogP contribution in [0.1, 0.15) is 18.5 Å². The van der Waals surface area contributed by atoms with E-state index >= 15 is 0 Å². The fraction of sp³-hybridized carbons (Fsp3) is 0.286. The second kappa shape index (κ2) is 7.60. The van der Waals surface area contributed by atoms with Crippen molar-refractivity contribution in [1.29, 1.82) is 0 Å². The molecule has 2 aliphatic rings. The minimum Gasteiger partial charge on any atom is -0.466 e. The maximum absolute atomic E-state index is 13.4. The molecule has 0 spiro atoms. The van der Waals surface area contributed by atoms with Crippen molar-refractivity contribution in [2.45, 2.75) is 25.1 Å². The lowest BCUT2D eigenvalue weighted by molar-refractivity contribution is -0.148. The molecule has 1 N–H and O–H groups in total. The number of hydrogen-bond donors (Lipinski definition) is 1. The fourth-order valence-corrected chi connectivity index (χ4v) is 3.72. The number of H-pyrrole nitrogens is 1. The van der Waals surface area contributed by atoms with E-state index in [0.717, 1.165) is 6.08 Å². The first-order valence-corrected chi connectivity index (χ1v) is 9.39. The third-order valence-corrected chi connectivity index (χ3v) is 5.22. The van der Waals surface area contributed by atoms with Crippen LogP contribution in [-0.2, 0) is 14.3 Å². The highest BCUT2D eigenvalue weighted by atomic mass is 19.4. The van der Waals surface area contributed by atoms with Crippen molar-refractivity contribution in [3.8, 4) is 0 Å². The van der Waals surface area contributed by atoms with Crippen LogP contribution >= 0.6 is 0 Å². The van der Waals surface area contributed by atoms with Gasteiger partial charge in [0.2, 0.25) is 6.10 Å². The van der Waals surface area contributed by atoms with Crippen molar-refractivity contribution in [2.75, 3.05) is 18.6 Å². The highest BCUT2D eigenvalue weighted by Crippen LogP contribution is 2.38. The monoisotopic (exact) mass is 434 g/mol. The van der Waals surface area contributed by atoms with Gasteiger partial charge in [-0.3, -0.25) is 9.69 Å². The number of aromatic amines is 1. The van der Waals surface area contributed by atoms with Crippen LogP contribution in [0.25, 0.3) is 16.3 Å². The van der Waals surface area contributed by atoms with Crippen molar-refractivity contribution in [3.63, 3.8) is 0 Å². The SMILES string of the molecule is COC(=O)C1CN(c2ccc3cc(C4=C(C(F)(F)F)C=CCC4)[nH]c(=O)c3c2)C(=O)O1. The molecule has 0 bridgehead atoms. The zero-order valence-corrected chi connectivity index (χ0v) is 16.3. The normalized spacial score (nSPS) is 19.2. The van der Waals surface area contributed by atoms with Crippen molar-refractivity contribution in [2.24, 2.45) is 0 Å². The summed E-state index contributed by atoms with van der Waals surface area (Å²) in [6, 6.07) is 5.99. The van der Waals surface area contributed by atoms with Gasteiger partial charge >= 0.3 is 18.2 Å². The number of pyridine rings is 1. The Morgan fingerprint density at radius 2 is 2.03 bits per heavy atom. The number of carbonyl (C=O) groups is 2. The summed E-state index contributed by atoms with van der Waals surface area (Å²) in [5, 5.41) is 0.610. The lowest BCUT2D eigenvalue weighted by Gasteiger charge is -2.19. The molecular weight excluding hydrogens is 417 g/mol. The van der Waals surface area contributed by atoms with Crippen LogP contribution in [-0.4, -0.2) is 43.0 Å². The smallest absolute Gasteiger partial charge is 0.416 e. The quantitative estimate of drug-likeness (QED) is 0.745. The summed E-state index contributed by atoms with van der Waals surface area (Å²) in [6.45, 7) is -0.0822. The van der Waals surface area contributed by atoms with Gasteiger partial charge in [0.05, 0.1) is 19.2 Å². The van der Waals surface area contributed by atoms with Gasteiger partial charge in [0.25, 0.3) is 5.56 Å². The number of benzene rings is 1. The summed E-state index contributed by atoms with van der Waals surface area (Å²) in [7, 11) is 1.17. The average molecular weight is 434 g/mol. The molecule has 1 unspecified atom stereocenters. The molecule has 0 radical (unpaired) electrons. The number of amides is 1. The van der Waals surface area contributed by atoms with Crippen LogP contribution in [0, 0.1) is 0 Å². The summed E-state index contributed by atoms with van der Waals surface area (Å²) in [6.07, 6.45) is -3.31. The molecule has 1 saturated heterocycles. The summed E-state index contributed by atoms with van der Waals surface area (Å²) in [4.78, 5) is 40.1. The first-order chi connectivity index (χ1) is 14.7. The number of hydrogen-bond acceptors (Lipinski definition) is 5. The van der Waals surface area contributed by atoms with E-state index in [9.17, 15) is 27.6 Å². The molecule has 1 aromatic heterocycles. The van der Waals surface area contributed by atoms with Gasteiger partial charge in [-0.2, -0.15) is 13.2 Å². The predicted octanol–water partition coefficient (Wildman–Crippen LogP) is 3.69. The Kier molecular flexibility index (Phi) is 5.08. The number of esters is 1. The van der Waals surface area contributed by atoms with Crippen LogP contribution in [0.5, 0.6) is 0 Å². The topological polar surface area (TPSA) is 88.7 Å². The number of aromatic nitrogens is 1. The Labute approximate surface area is 173 Å². The van der Waals surface area contributed by atoms with Gasteiger partial charge in [0.1, 0.15) is 0 Å². The number of rotatable bonds is 3. The first kappa shape index (κ1) is 20.7. The van der Waals surface area contributed by atoms with E-state index in [2.05, 4.69) is 9.72 Å². The molecule has 2 aromatic rings. The third kappa shape index (κ3) is 3.80. The Hall–Kier alpha value is -3.56. The molecule has 162 valence electrons. The van der Waals surface area contributed by atoms with Gasteiger partial charge in [-0.15, -0.1) is 0 Å². The van der Waals surface area contributed by atoms with Crippen LogP contribution in [0.4, 0.5) is 23.7 Å². The molecule has 1 fully saturated rings. The maximum Gasteiger partial charge on any atom is 0.416 e. The number of ether oxygens (including phenoxy) is 2. The lowest BCUT2D eigenvalue weighted by atomic mass is 9.93. The molecule has 1 aliphatic carbocycles. The van der Waals surface area contributed by atoms with Crippen molar-refractivity contribution in [3.05, 3.63) is 58.0 Å². The molecule has 1 aliphatic heterocycles. The zero-order valence-electron chi connectivity index (χ0n) is 16.3. The van der Waals surface area contributed by atoms with Gasteiger partial charge in [-0.05, 0) is 42.0 Å². The van der Waals surface area contributed by atoms with Gasteiger partial charge < -0.3 is 14.5 Å². The summed E-state index contributed by atoms with van der Waals surface area (Å²) >= 11 is 0. The van der Waals surface area contributed by atoms with Crippen molar-refractivity contribution < 1.29 is 32.2 Å². The Bertz CT molecular complexity index is 1200. The molecule has 1 aromatic carbocycles. The van der Waals surface area contributed by atoms with E-state index in [1.807, 2.05) is 0 Å². The molecule has 31 heavy (non-hydrogen) atoms. The van der Waals surface area contributed by atoms with Gasteiger partial charge in [-0.1, -0.05) is 18.2 Å². The van der Waals surface area contributed by atoms with E-state index in [1.165, 1.54) is 42.4 Å². The van der Waals surface area contributed by atoms with Crippen LogP contribution in [0.15, 0.2) is 46.8 Å². The van der Waals surface area contributed by atoms with E-state index in [0.29, 0.717) is 17.5 Å². The lowest BCUT2D eigenvalue weighted by Crippen LogP contribution is -2.28. The predicted molar refractivity (Wildman–Crippen MR) is 106 cm³/mol. The van der Waals surface area contributed by atoms with Crippen LogP contribution < -0.4 is 10.5 Å². The highest BCUT2D eigenvalue weighted by molar-refractivity contribution is 5.97. The minimum absolute atomic E-state index is 0.0297. The largest absolute Gasteiger partial charge is 0.466 e. The number of alkyl halides is 3. The number of fused-ring (bicyclic) bond motifs is 1. The molecule has 4 rings (SSSR count). The van der Waals surface area contributed by atoms with Crippen molar-refractivity contribution in [1.82, 2.24) is 4.98 Å². The average Bonchev–Trinajstić information content (AvgIpc) is 3.14.